The number of unbranched alkanes of at least 4 members (excludes halogenated alkanes) is 1. The Balaban J connectivity index is 1.63. The van der Waals surface area contributed by atoms with Crippen LogP contribution in [0.2, 0.25) is 0 Å². The van der Waals surface area contributed by atoms with Crippen molar-refractivity contribution in [1.29, 1.82) is 0 Å². The number of ether oxygens (including phenoxy) is 2. The molecular weight excluding hydrogens is 332 g/mol. The maximum Gasteiger partial charge on any atom is 0.345 e. The molecule has 0 bridgehead atoms. The van der Waals surface area contributed by atoms with E-state index >= 15 is 0 Å². The van der Waals surface area contributed by atoms with Gasteiger partial charge in [-0.3, -0.25) is 4.79 Å². The number of hydrogen-bond acceptors (Lipinski definition) is 5. The Labute approximate surface area is 152 Å². The molecule has 0 aliphatic carbocycles. The smallest absolute Gasteiger partial charge is 0.345 e. The van der Waals surface area contributed by atoms with Crippen LogP contribution in [0, 0.1) is 5.92 Å². The highest BCUT2D eigenvalue weighted by Gasteiger charge is 2.19. The SMILES string of the molecule is CC(CCCCOC(=O)c1ccccc1)C(=O)OC(=O)c1ccccc1. The van der Waals surface area contributed by atoms with Gasteiger partial charge in [0.25, 0.3) is 0 Å². The zero-order chi connectivity index (χ0) is 18.8. The summed E-state index contributed by atoms with van der Waals surface area (Å²) >= 11 is 0. The number of carbonyl (C=O) groups excluding carboxylic acids is 3. The molecule has 0 saturated carbocycles. The molecule has 5 heteroatoms. The van der Waals surface area contributed by atoms with Crippen molar-refractivity contribution < 1.29 is 23.9 Å². The molecular formula is C21H22O5. The van der Waals surface area contributed by atoms with Crippen molar-refractivity contribution >= 4 is 17.9 Å². The fourth-order valence-electron chi connectivity index (χ4n) is 2.32. The Morgan fingerprint density at radius 2 is 1.35 bits per heavy atom. The summed E-state index contributed by atoms with van der Waals surface area (Å²) in [5.74, 6) is -1.93. The van der Waals surface area contributed by atoms with Gasteiger partial charge in [0.05, 0.1) is 23.7 Å². The average Bonchev–Trinajstić information content (AvgIpc) is 2.68. The molecule has 136 valence electrons. The Bertz CT molecular complexity index is 725. The standard InChI is InChI=1S/C21H22O5/c1-16(19(22)26-21(24)18-13-6-3-7-14-18)10-8-9-15-25-20(23)17-11-4-2-5-12-17/h2-7,11-14,16H,8-10,15H2,1H3. The average molecular weight is 354 g/mol. The molecule has 2 aromatic rings. The van der Waals surface area contributed by atoms with E-state index < -0.39 is 17.9 Å². The molecule has 0 spiro atoms. The minimum Gasteiger partial charge on any atom is -0.462 e. The molecule has 0 aliphatic heterocycles. The quantitative estimate of drug-likeness (QED) is 0.407. The van der Waals surface area contributed by atoms with E-state index in [-0.39, 0.29) is 5.97 Å². The van der Waals surface area contributed by atoms with Gasteiger partial charge >= 0.3 is 17.9 Å². The highest BCUT2D eigenvalue weighted by molar-refractivity contribution is 5.97. The minimum atomic E-state index is -0.640. The van der Waals surface area contributed by atoms with Gasteiger partial charge in [0.15, 0.2) is 0 Å². The first-order valence-corrected chi connectivity index (χ1v) is 8.61. The molecule has 0 saturated heterocycles. The Morgan fingerprint density at radius 1 is 0.808 bits per heavy atom. The summed E-state index contributed by atoms with van der Waals surface area (Å²) in [4.78, 5) is 35.6. The molecule has 0 N–H and O–H groups in total. The molecule has 1 unspecified atom stereocenters. The molecule has 2 rings (SSSR count). The third-order valence-corrected chi connectivity index (χ3v) is 3.88. The van der Waals surface area contributed by atoms with E-state index in [1.54, 1.807) is 61.5 Å². The molecule has 0 aliphatic rings. The van der Waals surface area contributed by atoms with E-state index in [1.165, 1.54) is 0 Å². The van der Waals surface area contributed by atoms with Crippen LogP contribution in [0.1, 0.15) is 46.9 Å². The van der Waals surface area contributed by atoms with Crippen LogP contribution in [0.3, 0.4) is 0 Å². The highest BCUT2D eigenvalue weighted by Crippen LogP contribution is 2.12. The fraction of sp³-hybridized carbons (Fsp3) is 0.286. The summed E-state index contributed by atoms with van der Waals surface area (Å²) in [6, 6.07) is 17.2. The number of benzene rings is 2. The van der Waals surface area contributed by atoms with Crippen LogP contribution in [0.15, 0.2) is 60.7 Å². The van der Waals surface area contributed by atoms with Gasteiger partial charge < -0.3 is 9.47 Å². The van der Waals surface area contributed by atoms with Gasteiger partial charge in [-0.2, -0.15) is 0 Å². The van der Waals surface area contributed by atoms with Gasteiger partial charge in [-0.05, 0) is 43.5 Å². The fourth-order valence-corrected chi connectivity index (χ4v) is 2.32. The molecule has 0 fully saturated rings. The molecule has 2 aromatic carbocycles. The van der Waals surface area contributed by atoms with Crippen LogP contribution in [-0.2, 0) is 14.3 Å². The van der Waals surface area contributed by atoms with Crippen molar-refractivity contribution in [2.45, 2.75) is 26.2 Å². The first kappa shape index (κ1) is 19.4. The van der Waals surface area contributed by atoms with Gasteiger partial charge in [-0.15, -0.1) is 0 Å². The minimum absolute atomic E-state index is 0.290. The summed E-state index contributed by atoms with van der Waals surface area (Å²) in [6.07, 6.45) is 1.89. The highest BCUT2D eigenvalue weighted by atomic mass is 16.6. The largest absolute Gasteiger partial charge is 0.462 e. The second-order valence-electron chi connectivity index (χ2n) is 5.97. The number of carbonyl (C=O) groups is 3. The summed E-state index contributed by atoms with van der Waals surface area (Å²) < 4.78 is 10.1. The van der Waals surface area contributed by atoms with Gasteiger partial charge in [0, 0.05) is 0 Å². The van der Waals surface area contributed by atoms with E-state index in [2.05, 4.69) is 0 Å². The summed E-state index contributed by atoms with van der Waals surface area (Å²) in [5.41, 5.74) is 0.866. The maximum atomic E-state index is 12.0. The lowest BCUT2D eigenvalue weighted by molar-refractivity contribution is -0.142. The van der Waals surface area contributed by atoms with Gasteiger partial charge in [-0.25, -0.2) is 9.59 Å². The van der Waals surface area contributed by atoms with E-state index in [0.29, 0.717) is 37.0 Å². The second kappa shape index (κ2) is 10.1. The topological polar surface area (TPSA) is 69.7 Å². The predicted molar refractivity (Wildman–Crippen MR) is 96.6 cm³/mol. The van der Waals surface area contributed by atoms with Crippen LogP contribution in [-0.4, -0.2) is 24.5 Å². The lowest BCUT2D eigenvalue weighted by Crippen LogP contribution is -2.19. The zero-order valence-electron chi connectivity index (χ0n) is 14.7. The van der Waals surface area contributed by atoms with Crippen molar-refractivity contribution in [3.05, 3.63) is 71.8 Å². The predicted octanol–water partition coefficient (Wildman–Crippen LogP) is 4.03. The maximum absolute atomic E-state index is 12.0. The Morgan fingerprint density at radius 3 is 1.92 bits per heavy atom. The number of hydrogen-bond donors (Lipinski definition) is 0. The Hall–Kier alpha value is -2.95. The molecule has 0 radical (unpaired) electrons. The van der Waals surface area contributed by atoms with Crippen molar-refractivity contribution in [2.24, 2.45) is 5.92 Å². The van der Waals surface area contributed by atoms with Crippen LogP contribution >= 0.6 is 0 Å². The summed E-state index contributed by atoms with van der Waals surface area (Å²) in [5, 5.41) is 0. The molecule has 0 amide bonds. The third-order valence-electron chi connectivity index (χ3n) is 3.88. The van der Waals surface area contributed by atoms with Crippen molar-refractivity contribution in [2.75, 3.05) is 6.61 Å². The molecule has 26 heavy (non-hydrogen) atoms. The molecule has 5 nitrogen and oxygen atoms in total. The first-order chi connectivity index (χ1) is 12.6. The van der Waals surface area contributed by atoms with Crippen LogP contribution < -0.4 is 0 Å². The van der Waals surface area contributed by atoms with E-state index in [1.807, 2.05) is 6.07 Å². The summed E-state index contributed by atoms with van der Waals surface area (Å²) in [7, 11) is 0. The molecule has 0 heterocycles. The number of esters is 3. The number of rotatable bonds is 8. The van der Waals surface area contributed by atoms with Crippen molar-refractivity contribution in [1.82, 2.24) is 0 Å². The van der Waals surface area contributed by atoms with Gasteiger partial charge in [-0.1, -0.05) is 43.3 Å². The zero-order valence-corrected chi connectivity index (χ0v) is 14.7. The van der Waals surface area contributed by atoms with Gasteiger partial charge in [0.2, 0.25) is 0 Å². The monoisotopic (exact) mass is 354 g/mol. The molecule has 0 aromatic heterocycles. The third kappa shape index (κ3) is 6.16. The second-order valence-corrected chi connectivity index (χ2v) is 5.97. The van der Waals surface area contributed by atoms with Crippen LogP contribution in [0.5, 0.6) is 0 Å². The molecule has 1 atom stereocenters. The van der Waals surface area contributed by atoms with Crippen molar-refractivity contribution in [3.63, 3.8) is 0 Å². The van der Waals surface area contributed by atoms with Crippen LogP contribution in [0.4, 0.5) is 0 Å². The lowest BCUT2D eigenvalue weighted by atomic mass is 10.0. The van der Waals surface area contributed by atoms with Crippen molar-refractivity contribution in [3.8, 4) is 0 Å². The van der Waals surface area contributed by atoms with E-state index in [9.17, 15) is 14.4 Å². The van der Waals surface area contributed by atoms with E-state index in [0.717, 1.165) is 0 Å². The first-order valence-electron chi connectivity index (χ1n) is 8.61. The lowest BCUT2D eigenvalue weighted by Gasteiger charge is -2.10. The van der Waals surface area contributed by atoms with E-state index in [4.69, 9.17) is 9.47 Å². The normalized spacial score (nSPS) is 11.4. The van der Waals surface area contributed by atoms with Crippen LogP contribution in [0.25, 0.3) is 0 Å². The summed E-state index contributed by atoms with van der Waals surface area (Å²) in [6.45, 7) is 2.01. The Kier molecular flexibility index (Phi) is 7.55. The van der Waals surface area contributed by atoms with Gasteiger partial charge in [0.1, 0.15) is 0 Å².